The Bertz CT molecular complexity index is 551. The maximum atomic E-state index is 12.2. The van der Waals surface area contributed by atoms with Crippen LogP contribution in [-0.2, 0) is 6.54 Å². The predicted molar refractivity (Wildman–Crippen MR) is 75.4 cm³/mol. The first-order valence-electron chi connectivity index (χ1n) is 5.49. The van der Waals surface area contributed by atoms with E-state index < -0.39 is 0 Å². The molecule has 0 bridgehead atoms. The summed E-state index contributed by atoms with van der Waals surface area (Å²) in [4.78, 5) is 13.9. The number of hydrogen-bond donors (Lipinski definition) is 2. The summed E-state index contributed by atoms with van der Waals surface area (Å²) in [5.41, 5.74) is 14.0. The number of hydrogen-bond acceptors (Lipinski definition) is 4. The number of carbonyl (C=O) groups excluding carboxylic acids is 1. The van der Waals surface area contributed by atoms with E-state index in [1.807, 2.05) is 16.8 Å². The van der Waals surface area contributed by atoms with E-state index in [0.717, 1.165) is 5.56 Å². The summed E-state index contributed by atoms with van der Waals surface area (Å²) in [6.45, 7) is 0.576. The third-order valence-corrected chi connectivity index (χ3v) is 3.38. The third-order valence-electron chi connectivity index (χ3n) is 2.65. The summed E-state index contributed by atoms with van der Waals surface area (Å²) in [7, 11) is 1.76. The van der Waals surface area contributed by atoms with Crippen LogP contribution < -0.4 is 11.5 Å². The molecule has 1 amide bonds. The first kappa shape index (κ1) is 12.4. The van der Waals surface area contributed by atoms with Crippen LogP contribution in [0.5, 0.6) is 0 Å². The van der Waals surface area contributed by atoms with Crippen LogP contribution in [0.1, 0.15) is 15.9 Å². The van der Waals surface area contributed by atoms with Crippen molar-refractivity contribution in [3.63, 3.8) is 0 Å². The highest BCUT2D eigenvalue weighted by molar-refractivity contribution is 7.07. The standard InChI is InChI=1S/C13H15N3OS/c1-16(7-9-4-5-18-8-9)13(17)11-3-2-10(14)6-12(11)15/h2-6,8H,7,14-15H2,1H3. The van der Waals surface area contributed by atoms with Gasteiger partial charge in [-0.15, -0.1) is 0 Å². The van der Waals surface area contributed by atoms with Crippen LogP contribution in [0, 0.1) is 0 Å². The summed E-state index contributed by atoms with van der Waals surface area (Å²) in [6, 6.07) is 6.95. The molecular weight excluding hydrogens is 246 g/mol. The lowest BCUT2D eigenvalue weighted by molar-refractivity contribution is 0.0786. The van der Waals surface area contributed by atoms with Gasteiger partial charge < -0.3 is 16.4 Å². The summed E-state index contributed by atoms with van der Waals surface area (Å²) in [5.74, 6) is -0.0984. The Morgan fingerprint density at radius 2 is 2.11 bits per heavy atom. The lowest BCUT2D eigenvalue weighted by Gasteiger charge is -2.17. The highest BCUT2D eigenvalue weighted by atomic mass is 32.1. The molecule has 1 aromatic heterocycles. The van der Waals surface area contributed by atoms with Gasteiger partial charge in [0.25, 0.3) is 5.91 Å². The van der Waals surface area contributed by atoms with Crippen LogP contribution in [-0.4, -0.2) is 17.9 Å². The molecule has 18 heavy (non-hydrogen) atoms. The average Bonchev–Trinajstić information content (AvgIpc) is 2.81. The second-order valence-electron chi connectivity index (χ2n) is 4.14. The maximum Gasteiger partial charge on any atom is 0.255 e. The molecule has 4 nitrogen and oxygen atoms in total. The van der Waals surface area contributed by atoms with Crippen molar-refractivity contribution >= 4 is 28.6 Å². The van der Waals surface area contributed by atoms with Gasteiger partial charge >= 0.3 is 0 Å². The molecule has 0 saturated carbocycles. The Balaban J connectivity index is 2.15. The number of thiophene rings is 1. The SMILES string of the molecule is CN(Cc1ccsc1)C(=O)c1ccc(N)cc1N. The lowest BCUT2D eigenvalue weighted by Crippen LogP contribution is -2.26. The molecule has 0 saturated heterocycles. The highest BCUT2D eigenvalue weighted by Gasteiger charge is 2.15. The van der Waals surface area contributed by atoms with E-state index in [-0.39, 0.29) is 5.91 Å². The summed E-state index contributed by atoms with van der Waals surface area (Å²) in [6.07, 6.45) is 0. The van der Waals surface area contributed by atoms with Crippen molar-refractivity contribution in [1.82, 2.24) is 4.90 Å². The molecule has 0 radical (unpaired) electrons. The fourth-order valence-corrected chi connectivity index (χ4v) is 2.37. The van der Waals surface area contributed by atoms with Gasteiger partial charge in [0, 0.05) is 25.0 Å². The van der Waals surface area contributed by atoms with E-state index in [1.54, 1.807) is 41.5 Å². The molecule has 0 spiro atoms. The molecule has 0 unspecified atom stereocenters. The minimum Gasteiger partial charge on any atom is -0.399 e. The fourth-order valence-electron chi connectivity index (χ4n) is 1.71. The largest absolute Gasteiger partial charge is 0.399 e. The van der Waals surface area contributed by atoms with Gasteiger partial charge in [0.05, 0.1) is 5.56 Å². The minimum absolute atomic E-state index is 0.0984. The van der Waals surface area contributed by atoms with Crippen LogP contribution in [0.2, 0.25) is 0 Å². The molecule has 2 aromatic rings. The van der Waals surface area contributed by atoms with Gasteiger partial charge in [-0.1, -0.05) is 0 Å². The number of rotatable bonds is 3. The van der Waals surface area contributed by atoms with Gasteiger partial charge in [0.15, 0.2) is 0 Å². The first-order valence-corrected chi connectivity index (χ1v) is 6.44. The number of nitrogens with two attached hydrogens (primary N) is 2. The Morgan fingerprint density at radius 3 is 2.72 bits per heavy atom. The van der Waals surface area contributed by atoms with Gasteiger partial charge in [-0.2, -0.15) is 11.3 Å². The van der Waals surface area contributed by atoms with Crippen LogP contribution >= 0.6 is 11.3 Å². The van der Waals surface area contributed by atoms with Gasteiger partial charge in [0.2, 0.25) is 0 Å². The van der Waals surface area contributed by atoms with Gasteiger partial charge in [0.1, 0.15) is 0 Å². The monoisotopic (exact) mass is 261 g/mol. The fraction of sp³-hybridized carbons (Fsp3) is 0.154. The van der Waals surface area contributed by atoms with Gasteiger partial charge in [-0.3, -0.25) is 4.79 Å². The van der Waals surface area contributed by atoms with Crippen molar-refractivity contribution < 1.29 is 4.79 Å². The van der Waals surface area contributed by atoms with Crippen LogP contribution in [0.3, 0.4) is 0 Å². The van der Waals surface area contributed by atoms with Crippen molar-refractivity contribution in [3.8, 4) is 0 Å². The number of anilines is 2. The van der Waals surface area contributed by atoms with E-state index in [0.29, 0.717) is 23.5 Å². The molecule has 0 atom stereocenters. The number of benzene rings is 1. The average molecular weight is 261 g/mol. The Labute approximate surface area is 110 Å². The van der Waals surface area contributed by atoms with Crippen LogP contribution in [0.15, 0.2) is 35.0 Å². The molecule has 0 aliphatic rings. The lowest BCUT2D eigenvalue weighted by atomic mass is 10.1. The molecule has 1 aromatic carbocycles. The molecule has 0 aliphatic carbocycles. The van der Waals surface area contributed by atoms with Crippen LogP contribution in [0.25, 0.3) is 0 Å². The second-order valence-corrected chi connectivity index (χ2v) is 4.92. The number of nitrogen functional groups attached to an aromatic ring is 2. The maximum absolute atomic E-state index is 12.2. The minimum atomic E-state index is -0.0984. The van der Waals surface area contributed by atoms with E-state index in [4.69, 9.17) is 11.5 Å². The second kappa shape index (κ2) is 5.10. The summed E-state index contributed by atoms with van der Waals surface area (Å²) < 4.78 is 0. The Hall–Kier alpha value is -2.01. The Morgan fingerprint density at radius 1 is 1.33 bits per heavy atom. The molecule has 5 heteroatoms. The summed E-state index contributed by atoms with van der Waals surface area (Å²) >= 11 is 1.62. The molecule has 0 fully saturated rings. The number of amides is 1. The van der Waals surface area contributed by atoms with Crippen molar-refractivity contribution in [2.24, 2.45) is 0 Å². The molecule has 94 valence electrons. The highest BCUT2D eigenvalue weighted by Crippen LogP contribution is 2.18. The predicted octanol–water partition coefficient (Wildman–Crippen LogP) is 2.18. The van der Waals surface area contributed by atoms with Gasteiger partial charge in [-0.25, -0.2) is 0 Å². The van der Waals surface area contributed by atoms with Crippen molar-refractivity contribution in [3.05, 3.63) is 46.2 Å². The van der Waals surface area contributed by atoms with Crippen molar-refractivity contribution in [2.45, 2.75) is 6.54 Å². The van der Waals surface area contributed by atoms with E-state index in [2.05, 4.69) is 0 Å². The van der Waals surface area contributed by atoms with E-state index >= 15 is 0 Å². The zero-order chi connectivity index (χ0) is 13.1. The first-order chi connectivity index (χ1) is 8.58. The Kier molecular flexibility index (Phi) is 3.53. The zero-order valence-electron chi connectivity index (χ0n) is 10.1. The molecule has 2 rings (SSSR count). The van der Waals surface area contributed by atoms with E-state index in [9.17, 15) is 4.79 Å². The summed E-state index contributed by atoms with van der Waals surface area (Å²) in [5, 5.41) is 4.02. The molecule has 0 aliphatic heterocycles. The topological polar surface area (TPSA) is 72.3 Å². The quantitative estimate of drug-likeness (QED) is 0.832. The molecule has 4 N–H and O–H groups in total. The van der Waals surface area contributed by atoms with Gasteiger partial charge in [-0.05, 0) is 40.6 Å². The van der Waals surface area contributed by atoms with Crippen molar-refractivity contribution in [2.75, 3.05) is 18.5 Å². The zero-order valence-corrected chi connectivity index (χ0v) is 10.9. The molecular formula is C13H15N3OS. The van der Waals surface area contributed by atoms with Crippen molar-refractivity contribution in [1.29, 1.82) is 0 Å². The van der Waals surface area contributed by atoms with E-state index in [1.165, 1.54) is 0 Å². The molecule has 1 heterocycles. The normalized spacial score (nSPS) is 10.3. The smallest absolute Gasteiger partial charge is 0.255 e. The third kappa shape index (κ3) is 2.62. The number of nitrogens with zero attached hydrogens (tertiary/aromatic N) is 1. The van der Waals surface area contributed by atoms with Crippen LogP contribution in [0.4, 0.5) is 11.4 Å². The number of carbonyl (C=O) groups is 1.